The van der Waals surface area contributed by atoms with Crippen LogP contribution in [0.1, 0.15) is 23.2 Å². The predicted molar refractivity (Wildman–Crippen MR) is 80.4 cm³/mol. The van der Waals surface area contributed by atoms with Crippen molar-refractivity contribution in [2.45, 2.75) is 32.2 Å². The Morgan fingerprint density at radius 3 is 2.84 bits per heavy atom. The van der Waals surface area contributed by atoms with Crippen molar-refractivity contribution in [1.82, 2.24) is 15.2 Å². The van der Waals surface area contributed by atoms with Gasteiger partial charge in [-0.3, -0.25) is 16.0 Å². The molecule has 0 aliphatic carbocycles. The second-order valence-electron chi connectivity index (χ2n) is 4.54. The van der Waals surface area contributed by atoms with Crippen molar-refractivity contribution in [3.63, 3.8) is 0 Å². The highest BCUT2D eigenvalue weighted by molar-refractivity contribution is 7.09. The van der Waals surface area contributed by atoms with Crippen LogP contribution in [0.15, 0.2) is 17.5 Å². The predicted octanol–water partition coefficient (Wildman–Crippen LogP) is 2.31. The van der Waals surface area contributed by atoms with Crippen molar-refractivity contribution < 1.29 is 0 Å². The lowest BCUT2D eigenvalue weighted by molar-refractivity contribution is 0.508. The molecule has 0 spiro atoms. The molecule has 0 aliphatic heterocycles. The lowest BCUT2D eigenvalue weighted by Gasteiger charge is -2.15. The summed E-state index contributed by atoms with van der Waals surface area (Å²) >= 11 is 8.11. The maximum atomic E-state index is 6.36. The van der Waals surface area contributed by atoms with Crippen LogP contribution in [0.3, 0.4) is 0 Å². The zero-order chi connectivity index (χ0) is 13.8. The number of nitrogens with one attached hydrogen (secondary N) is 1. The molecule has 19 heavy (non-hydrogen) atoms. The molecule has 3 N–H and O–H groups in total. The first-order chi connectivity index (χ1) is 9.15. The number of hydrogen-bond donors (Lipinski definition) is 2. The summed E-state index contributed by atoms with van der Waals surface area (Å²) < 4.78 is 1.86. The molecule has 0 saturated heterocycles. The van der Waals surface area contributed by atoms with Crippen LogP contribution in [0.4, 0.5) is 0 Å². The van der Waals surface area contributed by atoms with Crippen molar-refractivity contribution in [1.29, 1.82) is 0 Å². The van der Waals surface area contributed by atoms with Crippen LogP contribution in [0.25, 0.3) is 0 Å². The average Bonchev–Trinajstić information content (AvgIpc) is 3.00. The smallest absolute Gasteiger partial charge is 0.0850 e. The number of hydrogen-bond acceptors (Lipinski definition) is 4. The van der Waals surface area contributed by atoms with E-state index in [1.807, 2.05) is 11.7 Å². The number of rotatable bonds is 6. The Labute approximate surface area is 122 Å². The van der Waals surface area contributed by atoms with Crippen molar-refractivity contribution in [3.05, 3.63) is 38.8 Å². The molecule has 1 unspecified atom stereocenters. The molecule has 0 aromatic carbocycles. The van der Waals surface area contributed by atoms with Gasteiger partial charge >= 0.3 is 0 Å². The topological polar surface area (TPSA) is 55.9 Å². The standard InChI is InChI=1S/C13H19ClN4S/c1-3-11-13(14)12(18(2)17-11)8-9(16-15)7-10-5-4-6-19-10/h4-6,9,16H,3,7-8,15H2,1-2H3. The molecule has 0 amide bonds. The number of halogens is 1. The SMILES string of the molecule is CCc1nn(C)c(CC(Cc2cccs2)NN)c1Cl. The fourth-order valence-corrected chi connectivity index (χ4v) is 3.29. The van der Waals surface area contributed by atoms with Crippen LogP contribution in [-0.4, -0.2) is 15.8 Å². The summed E-state index contributed by atoms with van der Waals surface area (Å²) in [6.45, 7) is 2.06. The van der Waals surface area contributed by atoms with E-state index in [2.05, 4.69) is 35.0 Å². The van der Waals surface area contributed by atoms with E-state index in [0.717, 1.165) is 35.7 Å². The third-order valence-electron chi connectivity index (χ3n) is 3.21. The Balaban J connectivity index is 2.12. The van der Waals surface area contributed by atoms with E-state index in [1.54, 1.807) is 11.3 Å². The van der Waals surface area contributed by atoms with Crippen LogP contribution < -0.4 is 11.3 Å². The van der Waals surface area contributed by atoms with Crippen LogP contribution >= 0.6 is 22.9 Å². The summed E-state index contributed by atoms with van der Waals surface area (Å²) in [5, 5.41) is 7.28. The van der Waals surface area contributed by atoms with Gasteiger partial charge < -0.3 is 0 Å². The van der Waals surface area contributed by atoms with Crippen LogP contribution in [0.5, 0.6) is 0 Å². The number of thiophene rings is 1. The minimum atomic E-state index is 0.163. The minimum absolute atomic E-state index is 0.163. The molecule has 1 atom stereocenters. The van der Waals surface area contributed by atoms with Crippen molar-refractivity contribution in [2.24, 2.45) is 12.9 Å². The Bertz CT molecular complexity index is 521. The molecular weight excluding hydrogens is 280 g/mol. The summed E-state index contributed by atoms with van der Waals surface area (Å²) in [7, 11) is 1.93. The van der Waals surface area contributed by atoms with E-state index in [9.17, 15) is 0 Å². The van der Waals surface area contributed by atoms with E-state index in [1.165, 1.54) is 4.88 Å². The minimum Gasteiger partial charge on any atom is -0.271 e. The Kier molecular flexibility index (Phi) is 4.99. The first-order valence-corrected chi connectivity index (χ1v) is 7.60. The molecule has 2 rings (SSSR count). The normalized spacial score (nSPS) is 12.8. The quantitative estimate of drug-likeness (QED) is 0.636. The Morgan fingerprint density at radius 1 is 1.53 bits per heavy atom. The summed E-state index contributed by atoms with van der Waals surface area (Å²) in [6, 6.07) is 4.34. The fraction of sp³-hybridized carbons (Fsp3) is 0.462. The van der Waals surface area contributed by atoms with Gasteiger partial charge in [-0.1, -0.05) is 24.6 Å². The highest BCUT2D eigenvalue weighted by atomic mass is 35.5. The molecule has 0 aliphatic rings. The molecule has 0 saturated carbocycles. The van der Waals surface area contributed by atoms with E-state index in [-0.39, 0.29) is 6.04 Å². The third kappa shape index (κ3) is 3.36. The maximum Gasteiger partial charge on any atom is 0.0850 e. The molecular formula is C13H19ClN4S. The van der Waals surface area contributed by atoms with Crippen molar-refractivity contribution >= 4 is 22.9 Å². The van der Waals surface area contributed by atoms with Crippen molar-refractivity contribution in [3.8, 4) is 0 Å². The molecule has 0 bridgehead atoms. The van der Waals surface area contributed by atoms with Crippen molar-refractivity contribution in [2.75, 3.05) is 0 Å². The fourth-order valence-electron chi connectivity index (χ4n) is 2.14. The van der Waals surface area contributed by atoms with Gasteiger partial charge in [-0.05, 0) is 24.3 Å². The number of nitrogens with two attached hydrogens (primary N) is 1. The van der Waals surface area contributed by atoms with Crippen LogP contribution in [0.2, 0.25) is 5.02 Å². The van der Waals surface area contributed by atoms with Gasteiger partial charge in [0, 0.05) is 24.4 Å². The van der Waals surface area contributed by atoms with Crippen LogP contribution in [-0.2, 0) is 26.3 Å². The van der Waals surface area contributed by atoms with Gasteiger partial charge in [0.15, 0.2) is 0 Å². The number of nitrogens with zero attached hydrogens (tertiary/aromatic N) is 2. The molecule has 2 aromatic heterocycles. The van der Waals surface area contributed by atoms with E-state index < -0.39 is 0 Å². The molecule has 104 valence electrons. The Morgan fingerprint density at radius 2 is 2.32 bits per heavy atom. The highest BCUT2D eigenvalue weighted by Gasteiger charge is 2.17. The van der Waals surface area contributed by atoms with Gasteiger partial charge in [-0.25, -0.2) is 0 Å². The summed E-state index contributed by atoms with van der Waals surface area (Å²) in [4.78, 5) is 1.32. The number of aryl methyl sites for hydroxylation is 2. The molecule has 4 nitrogen and oxygen atoms in total. The number of aromatic nitrogens is 2. The van der Waals surface area contributed by atoms with Gasteiger partial charge in [0.1, 0.15) is 0 Å². The highest BCUT2D eigenvalue weighted by Crippen LogP contribution is 2.23. The second kappa shape index (κ2) is 6.52. The lowest BCUT2D eigenvalue weighted by atomic mass is 10.1. The summed E-state index contributed by atoms with van der Waals surface area (Å²) in [5.41, 5.74) is 4.87. The zero-order valence-electron chi connectivity index (χ0n) is 11.2. The second-order valence-corrected chi connectivity index (χ2v) is 5.95. The van der Waals surface area contributed by atoms with Gasteiger partial charge in [0.05, 0.1) is 16.4 Å². The van der Waals surface area contributed by atoms with Gasteiger partial charge in [0.2, 0.25) is 0 Å². The largest absolute Gasteiger partial charge is 0.271 e. The molecule has 0 fully saturated rings. The van der Waals surface area contributed by atoms with Gasteiger partial charge in [0.25, 0.3) is 0 Å². The molecule has 2 heterocycles. The monoisotopic (exact) mass is 298 g/mol. The molecule has 0 radical (unpaired) electrons. The number of hydrazine groups is 1. The molecule has 2 aromatic rings. The van der Waals surface area contributed by atoms with E-state index in [0.29, 0.717) is 0 Å². The third-order valence-corrected chi connectivity index (χ3v) is 4.54. The van der Waals surface area contributed by atoms with E-state index >= 15 is 0 Å². The zero-order valence-corrected chi connectivity index (χ0v) is 12.8. The average molecular weight is 299 g/mol. The first kappa shape index (κ1) is 14.5. The summed E-state index contributed by atoms with van der Waals surface area (Å²) in [6.07, 6.45) is 2.52. The van der Waals surface area contributed by atoms with Gasteiger partial charge in [-0.2, -0.15) is 5.10 Å². The van der Waals surface area contributed by atoms with Crippen LogP contribution in [0, 0.1) is 0 Å². The van der Waals surface area contributed by atoms with E-state index in [4.69, 9.17) is 17.4 Å². The lowest BCUT2D eigenvalue weighted by Crippen LogP contribution is -2.38. The van der Waals surface area contributed by atoms with Gasteiger partial charge in [-0.15, -0.1) is 11.3 Å². The molecule has 6 heteroatoms. The first-order valence-electron chi connectivity index (χ1n) is 6.34. The summed E-state index contributed by atoms with van der Waals surface area (Å²) in [5.74, 6) is 5.66. The Hall–Kier alpha value is -0.880. The maximum absolute atomic E-state index is 6.36.